The number of imidazole rings is 1. The minimum absolute atomic E-state index is 0.384. The van der Waals surface area contributed by atoms with Crippen LogP contribution in [0.1, 0.15) is 39.5 Å². The number of rotatable bonds is 7. The van der Waals surface area contributed by atoms with E-state index >= 15 is 0 Å². The summed E-state index contributed by atoms with van der Waals surface area (Å²) in [6.45, 7) is 6.17. The summed E-state index contributed by atoms with van der Waals surface area (Å²) < 4.78 is 0. The Hall–Kier alpha value is -4.05. The lowest BCUT2D eigenvalue weighted by molar-refractivity contribution is 0.176. The van der Waals surface area contributed by atoms with Crippen molar-refractivity contribution in [1.82, 2.24) is 35.1 Å². The predicted molar refractivity (Wildman–Crippen MR) is 145 cm³/mol. The van der Waals surface area contributed by atoms with Gasteiger partial charge in [0, 0.05) is 42.8 Å². The van der Waals surface area contributed by atoms with E-state index in [4.69, 9.17) is 4.98 Å². The molecule has 0 aliphatic carbocycles. The largest absolute Gasteiger partial charge is 0.374 e. The molecule has 0 spiro atoms. The van der Waals surface area contributed by atoms with Crippen LogP contribution in [0.2, 0.25) is 0 Å². The van der Waals surface area contributed by atoms with Gasteiger partial charge in [-0.25, -0.2) is 15.0 Å². The standard InChI is InChI=1S/C27H31N9O/c1-16(2)10-22(37)31-19-11-17(13-28-15-19)18-12-20-23(34-35-25(20)30-14-18)26-32-21-6-7-29-27(24(21)33-26)36-8-4-3-5-9-36/h6-7,11-16,22,31,37H,3-5,8-10H2,1-2H3,(H,32,33)(H,30,34,35). The number of piperidine rings is 1. The number of H-pyrrole nitrogens is 2. The number of aromatic amines is 2. The summed E-state index contributed by atoms with van der Waals surface area (Å²) in [6.07, 6.45) is 10.8. The van der Waals surface area contributed by atoms with Crippen LogP contribution in [0.4, 0.5) is 11.5 Å². The number of anilines is 2. The SMILES string of the molecule is CC(C)CC(O)Nc1cncc(-c2cnc3n[nH]c(-c4nc5c(N6CCCCC6)nccc5[nH]4)c3c2)c1. The van der Waals surface area contributed by atoms with Gasteiger partial charge in [-0.3, -0.25) is 10.1 Å². The van der Waals surface area contributed by atoms with Crippen LogP contribution >= 0.6 is 0 Å². The lowest BCUT2D eigenvalue weighted by atomic mass is 10.1. The molecule has 1 saturated heterocycles. The van der Waals surface area contributed by atoms with Crippen LogP contribution in [-0.4, -0.2) is 59.5 Å². The van der Waals surface area contributed by atoms with E-state index in [1.807, 2.05) is 24.4 Å². The average Bonchev–Trinajstić information content (AvgIpc) is 3.52. The molecule has 5 aromatic rings. The fraction of sp³-hybridized carbons (Fsp3) is 0.370. The molecule has 5 aromatic heterocycles. The van der Waals surface area contributed by atoms with Crippen LogP contribution in [0.15, 0.2) is 43.0 Å². The first-order valence-electron chi connectivity index (χ1n) is 12.9. The summed E-state index contributed by atoms with van der Waals surface area (Å²) in [7, 11) is 0. The number of hydrogen-bond donors (Lipinski definition) is 4. The average molecular weight is 498 g/mol. The molecule has 37 heavy (non-hydrogen) atoms. The van der Waals surface area contributed by atoms with Gasteiger partial charge in [0.05, 0.1) is 22.8 Å². The van der Waals surface area contributed by atoms with Crippen molar-refractivity contribution < 1.29 is 5.11 Å². The minimum atomic E-state index is -0.629. The summed E-state index contributed by atoms with van der Waals surface area (Å²) >= 11 is 0. The van der Waals surface area contributed by atoms with Crippen molar-refractivity contribution in [1.29, 1.82) is 0 Å². The van der Waals surface area contributed by atoms with E-state index in [0.717, 1.165) is 57.8 Å². The molecule has 4 N–H and O–H groups in total. The maximum atomic E-state index is 10.3. The van der Waals surface area contributed by atoms with Crippen molar-refractivity contribution in [3.63, 3.8) is 0 Å². The highest BCUT2D eigenvalue weighted by atomic mass is 16.3. The Balaban J connectivity index is 1.34. The number of nitrogens with one attached hydrogen (secondary N) is 3. The summed E-state index contributed by atoms with van der Waals surface area (Å²) in [6, 6.07) is 5.97. The third-order valence-corrected chi connectivity index (χ3v) is 6.78. The third kappa shape index (κ3) is 4.72. The lowest BCUT2D eigenvalue weighted by Crippen LogP contribution is -2.30. The highest BCUT2D eigenvalue weighted by Crippen LogP contribution is 2.32. The lowest BCUT2D eigenvalue weighted by Gasteiger charge is -2.27. The predicted octanol–water partition coefficient (Wildman–Crippen LogP) is 4.72. The highest BCUT2D eigenvalue weighted by molar-refractivity contribution is 5.95. The topological polar surface area (TPSA) is 132 Å². The van der Waals surface area contributed by atoms with Crippen molar-refractivity contribution >= 4 is 33.6 Å². The first-order chi connectivity index (χ1) is 18.0. The van der Waals surface area contributed by atoms with Crippen LogP contribution < -0.4 is 10.2 Å². The van der Waals surface area contributed by atoms with Crippen LogP contribution in [0.3, 0.4) is 0 Å². The molecule has 0 radical (unpaired) electrons. The molecule has 6 heterocycles. The maximum absolute atomic E-state index is 10.3. The fourth-order valence-electron chi connectivity index (χ4n) is 4.99. The van der Waals surface area contributed by atoms with Crippen molar-refractivity contribution in [3.05, 3.63) is 43.0 Å². The Labute approximate surface area is 214 Å². The molecule has 1 unspecified atom stereocenters. The van der Waals surface area contributed by atoms with E-state index in [2.05, 4.69) is 54.2 Å². The van der Waals surface area contributed by atoms with Crippen LogP contribution in [0, 0.1) is 5.92 Å². The number of aliphatic hydroxyl groups excluding tert-OH is 1. The molecule has 1 atom stereocenters. The maximum Gasteiger partial charge on any atom is 0.181 e. The van der Waals surface area contributed by atoms with Crippen LogP contribution in [0.25, 0.3) is 44.7 Å². The molecule has 1 aliphatic heterocycles. The number of pyridine rings is 3. The number of fused-ring (bicyclic) bond motifs is 2. The second-order valence-corrected chi connectivity index (χ2v) is 10.1. The van der Waals surface area contributed by atoms with Gasteiger partial charge < -0.3 is 20.3 Å². The van der Waals surface area contributed by atoms with E-state index < -0.39 is 6.23 Å². The van der Waals surface area contributed by atoms with Gasteiger partial charge in [-0.2, -0.15) is 5.10 Å². The molecular formula is C27H31N9O. The molecule has 0 bridgehead atoms. The summed E-state index contributed by atoms with van der Waals surface area (Å²) in [4.78, 5) is 24.3. The normalized spacial score (nSPS) is 15.1. The van der Waals surface area contributed by atoms with Crippen molar-refractivity contribution in [2.24, 2.45) is 5.92 Å². The molecular weight excluding hydrogens is 466 g/mol. The van der Waals surface area contributed by atoms with E-state index in [1.165, 1.54) is 19.3 Å². The van der Waals surface area contributed by atoms with Crippen molar-refractivity contribution in [2.45, 2.75) is 45.8 Å². The first-order valence-corrected chi connectivity index (χ1v) is 12.9. The monoisotopic (exact) mass is 497 g/mol. The van der Waals surface area contributed by atoms with Gasteiger partial charge in [0.15, 0.2) is 17.3 Å². The van der Waals surface area contributed by atoms with Crippen molar-refractivity contribution in [3.8, 4) is 22.6 Å². The van der Waals surface area contributed by atoms with Gasteiger partial charge in [-0.1, -0.05) is 13.8 Å². The molecule has 10 nitrogen and oxygen atoms in total. The van der Waals surface area contributed by atoms with E-state index in [9.17, 15) is 5.11 Å². The molecule has 1 aliphatic rings. The first kappa shape index (κ1) is 23.4. The summed E-state index contributed by atoms with van der Waals surface area (Å²) in [5.41, 5.74) is 5.76. The molecule has 10 heteroatoms. The van der Waals surface area contributed by atoms with Gasteiger partial charge in [0.2, 0.25) is 0 Å². The summed E-state index contributed by atoms with van der Waals surface area (Å²) in [5.74, 6) is 2.01. The van der Waals surface area contributed by atoms with Gasteiger partial charge in [-0.15, -0.1) is 0 Å². The number of aliphatic hydroxyl groups is 1. The zero-order valence-corrected chi connectivity index (χ0v) is 21.1. The fourth-order valence-corrected chi connectivity index (χ4v) is 4.99. The zero-order valence-electron chi connectivity index (χ0n) is 21.1. The second-order valence-electron chi connectivity index (χ2n) is 10.1. The van der Waals surface area contributed by atoms with Gasteiger partial charge in [0.25, 0.3) is 0 Å². The molecule has 0 aromatic carbocycles. The van der Waals surface area contributed by atoms with Crippen LogP contribution in [-0.2, 0) is 0 Å². The Bertz CT molecular complexity index is 1530. The Kier molecular flexibility index (Phi) is 6.17. The van der Waals surface area contributed by atoms with E-state index in [1.54, 1.807) is 18.6 Å². The van der Waals surface area contributed by atoms with Gasteiger partial charge in [0.1, 0.15) is 17.4 Å². The smallest absolute Gasteiger partial charge is 0.181 e. The Morgan fingerprint density at radius 3 is 2.73 bits per heavy atom. The van der Waals surface area contributed by atoms with Gasteiger partial charge >= 0.3 is 0 Å². The van der Waals surface area contributed by atoms with Crippen LogP contribution in [0.5, 0.6) is 0 Å². The Morgan fingerprint density at radius 2 is 1.89 bits per heavy atom. The van der Waals surface area contributed by atoms with E-state index in [-0.39, 0.29) is 0 Å². The second kappa shape index (κ2) is 9.78. The summed E-state index contributed by atoms with van der Waals surface area (Å²) in [5, 5.41) is 21.8. The highest BCUT2D eigenvalue weighted by Gasteiger charge is 2.20. The number of aromatic nitrogens is 7. The molecule has 1 fully saturated rings. The molecule has 0 saturated carbocycles. The quantitative estimate of drug-likeness (QED) is 0.237. The zero-order chi connectivity index (χ0) is 25.4. The van der Waals surface area contributed by atoms with Gasteiger partial charge in [-0.05, 0) is 49.8 Å². The van der Waals surface area contributed by atoms with E-state index in [0.29, 0.717) is 23.8 Å². The molecule has 6 rings (SSSR count). The number of nitrogens with zero attached hydrogens (tertiary/aromatic N) is 6. The van der Waals surface area contributed by atoms with Crippen molar-refractivity contribution in [2.75, 3.05) is 23.3 Å². The number of hydrogen-bond acceptors (Lipinski definition) is 8. The molecule has 0 amide bonds. The molecule has 190 valence electrons. The Morgan fingerprint density at radius 1 is 1.05 bits per heavy atom. The minimum Gasteiger partial charge on any atom is -0.374 e. The third-order valence-electron chi connectivity index (χ3n) is 6.78.